The van der Waals surface area contributed by atoms with Crippen LogP contribution in [0.3, 0.4) is 0 Å². The van der Waals surface area contributed by atoms with E-state index in [0.29, 0.717) is 29.5 Å². The van der Waals surface area contributed by atoms with Crippen LogP contribution in [0.15, 0.2) is 0 Å². The molecule has 0 aliphatic heterocycles. The van der Waals surface area contributed by atoms with Gasteiger partial charge in [0, 0.05) is 5.56 Å². The molecule has 0 aliphatic carbocycles. The van der Waals surface area contributed by atoms with Gasteiger partial charge in [0.25, 0.3) is 0 Å². The lowest BCUT2D eigenvalue weighted by Gasteiger charge is -2.17. The first-order valence-electron chi connectivity index (χ1n) is 6.11. The first-order valence-corrected chi connectivity index (χ1v) is 7.34. The second-order valence-corrected chi connectivity index (χ2v) is 5.46. The Labute approximate surface area is 117 Å². The summed E-state index contributed by atoms with van der Waals surface area (Å²) in [5, 5.41) is 29.2. The summed E-state index contributed by atoms with van der Waals surface area (Å²) in [6.07, 6.45) is 2.13. The molecule has 0 radical (unpaired) electrons. The van der Waals surface area contributed by atoms with Gasteiger partial charge in [0.15, 0.2) is 0 Å². The Morgan fingerprint density at radius 2 is 1.79 bits per heavy atom. The number of aliphatic hydroxyl groups excluding tert-OH is 1. The average Bonchev–Trinajstić information content (AvgIpc) is 2.35. The number of hydrogen-bond donors (Lipinski definition) is 3. The van der Waals surface area contributed by atoms with Crippen molar-refractivity contribution in [1.82, 2.24) is 0 Å². The Kier molecular flexibility index (Phi) is 5.26. The van der Waals surface area contributed by atoms with Gasteiger partial charge in [-0.3, -0.25) is 4.79 Å². The van der Waals surface area contributed by atoms with Crippen LogP contribution in [0.5, 0.6) is 11.5 Å². The van der Waals surface area contributed by atoms with Crippen LogP contribution in [-0.4, -0.2) is 32.8 Å². The molecule has 19 heavy (non-hydrogen) atoms. The summed E-state index contributed by atoms with van der Waals surface area (Å²) in [7, 11) is 0. The van der Waals surface area contributed by atoms with Gasteiger partial charge >= 0.3 is 0 Å². The van der Waals surface area contributed by atoms with Crippen molar-refractivity contribution in [2.45, 2.75) is 39.7 Å². The van der Waals surface area contributed by atoms with Crippen molar-refractivity contribution >= 4 is 16.9 Å². The van der Waals surface area contributed by atoms with Gasteiger partial charge in [0.05, 0.1) is 11.7 Å². The van der Waals surface area contributed by atoms with E-state index in [9.17, 15) is 20.1 Å². The van der Waals surface area contributed by atoms with E-state index in [0.717, 1.165) is 11.8 Å². The first-order chi connectivity index (χ1) is 8.81. The molecule has 0 aromatic heterocycles. The van der Waals surface area contributed by atoms with Crippen LogP contribution in [0.1, 0.15) is 40.4 Å². The molecule has 0 saturated carbocycles. The van der Waals surface area contributed by atoms with Crippen LogP contribution in [-0.2, 0) is 6.42 Å². The largest absolute Gasteiger partial charge is 0.507 e. The van der Waals surface area contributed by atoms with E-state index < -0.39 is 6.10 Å². The topological polar surface area (TPSA) is 77.8 Å². The highest BCUT2D eigenvalue weighted by molar-refractivity contribution is 8.13. The third-order valence-corrected chi connectivity index (χ3v) is 3.84. The van der Waals surface area contributed by atoms with E-state index >= 15 is 0 Å². The Morgan fingerprint density at radius 1 is 1.21 bits per heavy atom. The van der Waals surface area contributed by atoms with Crippen molar-refractivity contribution in [3.05, 3.63) is 22.3 Å². The number of carbonyl (C=O) groups excluding carboxylic acids is 1. The van der Waals surface area contributed by atoms with Gasteiger partial charge in [0.1, 0.15) is 11.5 Å². The third kappa shape index (κ3) is 3.22. The molecule has 0 bridgehead atoms. The first kappa shape index (κ1) is 15.9. The predicted octanol–water partition coefficient (Wildman–Crippen LogP) is 2.53. The SMILES string of the molecule is CSC(=O)c1c(C)c(CC[C@H](C)O)c(O)c(C)c1O. The van der Waals surface area contributed by atoms with Crippen LogP contribution >= 0.6 is 11.8 Å². The minimum Gasteiger partial charge on any atom is -0.507 e. The molecule has 0 fully saturated rings. The molecule has 0 heterocycles. The second-order valence-electron chi connectivity index (χ2n) is 4.68. The average molecular weight is 284 g/mol. The number of carbonyl (C=O) groups is 1. The number of hydrogen-bond acceptors (Lipinski definition) is 5. The predicted molar refractivity (Wildman–Crippen MR) is 77.1 cm³/mol. The van der Waals surface area contributed by atoms with E-state index in [1.165, 1.54) is 0 Å². The highest BCUT2D eigenvalue weighted by atomic mass is 32.2. The van der Waals surface area contributed by atoms with Crippen molar-refractivity contribution in [2.75, 3.05) is 6.26 Å². The molecular weight excluding hydrogens is 264 g/mol. The summed E-state index contributed by atoms with van der Waals surface area (Å²) >= 11 is 1.02. The maximum atomic E-state index is 11.9. The summed E-state index contributed by atoms with van der Waals surface area (Å²) in [5.74, 6) is -0.150. The highest BCUT2D eigenvalue weighted by Gasteiger charge is 2.22. The molecular formula is C14H20O4S. The molecule has 0 spiro atoms. The molecule has 0 aliphatic rings. The van der Waals surface area contributed by atoms with Crippen LogP contribution in [0.2, 0.25) is 0 Å². The molecule has 0 saturated heterocycles. The molecule has 1 rings (SSSR count). The van der Waals surface area contributed by atoms with Crippen LogP contribution in [0.4, 0.5) is 0 Å². The minimum absolute atomic E-state index is 0.00769. The fourth-order valence-corrected chi connectivity index (χ4v) is 2.50. The number of aliphatic hydroxyl groups is 1. The highest BCUT2D eigenvalue weighted by Crippen LogP contribution is 2.39. The Morgan fingerprint density at radius 3 is 2.26 bits per heavy atom. The zero-order valence-corrected chi connectivity index (χ0v) is 12.5. The standard InChI is InChI=1S/C14H20O4S/c1-7(15)5-6-10-8(2)11(14(18)19-4)13(17)9(3)12(10)16/h7,15-17H,5-6H2,1-4H3/t7-/m0/s1. The van der Waals surface area contributed by atoms with Gasteiger partial charge in [0.2, 0.25) is 5.12 Å². The van der Waals surface area contributed by atoms with Crippen LogP contribution in [0.25, 0.3) is 0 Å². The molecule has 0 unspecified atom stereocenters. The molecule has 0 amide bonds. The lowest BCUT2D eigenvalue weighted by molar-refractivity contribution is 0.108. The fraction of sp³-hybridized carbons (Fsp3) is 0.500. The number of aromatic hydroxyl groups is 2. The van der Waals surface area contributed by atoms with Gasteiger partial charge in [-0.2, -0.15) is 0 Å². The van der Waals surface area contributed by atoms with Crippen molar-refractivity contribution in [3.8, 4) is 11.5 Å². The Hall–Kier alpha value is -1.20. The zero-order chi connectivity index (χ0) is 14.7. The lowest BCUT2D eigenvalue weighted by atomic mass is 9.93. The van der Waals surface area contributed by atoms with Gasteiger partial charge in [-0.05, 0) is 51.0 Å². The van der Waals surface area contributed by atoms with Crippen molar-refractivity contribution in [1.29, 1.82) is 0 Å². The van der Waals surface area contributed by atoms with E-state index in [-0.39, 0.29) is 22.2 Å². The molecule has 3 N–H and O–H groups in total. The van der Waals surface area contributed by atoms with E-state index in [1.807, 2.05) is 0 Å². The van der Waals surface area contributed by atoms with Gasteiger partial charge in [-0.25, -0.2) is 0 Å². The minimum atomic E-state index is -0.479. The molecule has 1 atom stereocenters. The number of rotatable bonds is 4. The fourth-order valence-electron chi connectivity index (χ4n) is 2.04. The molecule has 1 aromatic carbocycles. The third-order valence-electron chi connectivity index (χ3n) is 3.26. The summed E-state index contributed by atoms with van der Waals surface area (Å²) in [6, 6.07) is 0. The van der Waals surface area contributed by atoms with Gasteiger partial charge < -0.3 is 15.3 Å². The second kappa shape index (κ2) is 6.30. The number of benzene rings is 1. The molecule has 106 valence electrons. The monoisotopic (exact) mass is 284 g/mol. The molecule has 4 nitrogen and oxygen atoms in total. The summed E-state index contributed by atoms with van der Waals surface area (Å²) in [6.45, 7) is 4.96. The summed E-state index contributed by atoms with van der Waals surface area (Å²) in [5.41, 5.74) is 1.76. The number of phenols is 2. The zero-order valence-electron chi connectivity index (χ0n) is 11.6. The number of thioether (sulfide) groups is 1. The van der Waals surface area contributed by atoms with E-state index in [2.05, 4.69) is 0 Å². The Balaban J connectivity index is 3.39. The van der Waals surface area contributed by atoms with E-state index in [4.69, 9.17) is 0 Å². The lowest BCUT2D eigenvalue weighted by Crippen LogP contribution is -2.07. The van der Waals surface area contributed by atoms with Crippen LogP contribution in [0, 0.1) is 13.8 Å². The molecule has 5 heteroatoms. The maximum absolute atomic E-state index is 11.9. The Bertz CT molecular complexity index is 495. The van der Waals surface area contributed by atoms with E-state index in [1.54, 1.807) is 27.0 Å². The maximum Gasteiger partial charge on any atom is 0.223 e. The quantitative estimate of drug-likeness (QED) is 0.792. The van der Waals surface area contributed by atoms with Crippen molar-refractivity contribution in [3.63, 3.8) is 0 Å². The smallest absolute Gasteiger partial charge is 0.223 e. The van der Waals surface area contributed by atoms with Gasteiger partial charge in [-0.1, -0.05) is 11.8 Å². The van der Waals surface area contributed by atoms with Gasteiger partial charge in [-0.15, -0.1) is 0 Å². The summed E-state index contributed by atoms with van der Waals surface area (Å²) in [4.78, 5) is 11.9. The van der Waals surface area contributed by atoms with Crippen LogP contribution < -0.4 is 0 Å². The van der Waals surface area contributed by atoms with Crippen molar-refractivity contribution < 1.29 is 20.1 Å². The number of phenolic OH excluding ortho intramolecular Hbond substituents is 2. The summed E-state index contributed by atoms with van der Waals surface area (Å²) < 4.78 is 0. The molecule has 1 aromatic rings. The normalized spacial score (nSPS) is 12.5. The van der Waals surface area contributed by atoms with Crippen molar-refractivity contribution in [2.24, 2.45) is 0 Å².